The van der Waals surface area contributed by atoms with Crippen LogP contribution in [0.4, 0.5) is 8.78 Å². The van der Waals surface area contributed by atoms with Crippen LogP contribution in [0.1, 0.15) is 11.7 Å². The number of hydrogen-bond donors (Lipinski definition) is 1. The molecule has 0 aliphatic heterocycles. The van der Waals surface area contributed by atoms with Gasteiger partial charge in [-0.3, -0.25) is 4.57 Å². The molecule has 4 nitrogen and oxygen atoms in total. The lowest BCUT2D eigenvalue weighted by Gasteiger charge is -2.12. The molecular formula is C16H13F2N3OS. The third-order valence-electron chi connectivity index (χ3n) is 3.24. The molecule has 1 unspecified atom stereocenters. The summed E-state index contributed by atoms with van der Waals surface area (Å²) < 4.78 is 28.6. The van der Waals surface area contributed by atoms with Crippen LogP contribution < -0.4 is 0 Å². The maximum atomic E-state index is 13.7. The summed E-state index contributed by atoms with van der Waals surface area (Å²) in [7, 11) is 0. The SMILES string of the molecule is OC(CSc1nncn1-c1ccccc1)c1cc(F)ccc1F. The minimum absolute atomic E-state index is 0.0664. The van der Waals surface area contributed by atoms with Crippen LogP contribution >= 0.6 is 11.8 Å². The molecule has 1 aromatic heterocycles. The molecule has 0 saturated carbocycles. The van der Waals surface area contributed by atoms with E-state index in [0.717, 1.165) is 23.9 Å². The van der Waals surface area contributed by atoms with Crippen LogP contribution in [0, 0.1) is 11.6 Å². The van der Waals surface area contributed by atoms with Gasteiger partial charge >= 0.3 is 0 Å². The average molecular weight is 333 g/mol. The number of aliphatic hydroxyl groups excluding tert-OH is 1. The first kappa shape index (κ1) is 15.6. The van der Waals surface area contributed by atoms with Gasteiger partial charge in [-0.2, -0.15) is 0 Å². The van der Waals surface area contributed by atoms with Gasteiger partial charge in [0, 0.05) is 17.0 Å². The van der Waals surface area contributed by atoms with Crippen LogP contribution in [0.15, 0.2) is 60.0 Å². The van der Waals surface area contributed by atoms with Crippen LogP contribution in [0.3, 0.4) is 0 Å². The van der Waals surface area contributed by atoms with E-state index < -0.39 is 17.7 Å². The van der Waals surface area contributed by atoms with Crippen molar-refractivity contribution in [3.8, 4) is 5.69 Å². The minimum atomic E-state index is -1.14. The molecule has 2 aromatic carbocycles. The second kappa shape index (κ2) is 6.89. The number of para-hydroxylation sites is 1. The molecule has 0 bridgehead atoms. The third-order valence-corrected chi connectivity index (χ3v) is 4.26. The Kier molecular flexibility index (Phi) is 4.68. The van der Waals surface area contributed by atoms with Crippen LogP contribution in [0.5, 0.6) is 0 Å². The first-order valence-corrected chi connectivity index (χ1v) is 7.85. The average Bonchev–Trinajstić information content (AvgIpc) is 3.04. The molecule has 3 aromatic rings. The molecule has 23 heavy (non-hydrogen) atoms. The Labute approximate surface area is 135 Å². The molecule has 0 saturated heterocycles. The van der Waals surface area contributed by atoms with Crippen molar-refractivity contribution in [2.24, 2.45) is 0 Å². The zero-order chi connectivity index (χ0) is 16.2. The van der Waals surface area contributed by atoms with Crippen molar-refractivity contribution in [2.75, 3.05) is 5.75 Å². The van der Waals surface area contributed by atoms with Crippen LogP contribution in [-0.2, 0) is 0 Å². The molecule has 3 rings (SSSR count). The summed E-state index contributed by atoms with van der Waals surface area (Å²) in [5.41, 5.74) is 0.815. The molecule has 0 radical (unpaired) electrons. The molecule has 0 amide bonds. The van der Waals surface area contributed by atoms with Gasteiger partial charge in [0.25, 0.3) is 0 Å². The van der Waals surface area contributed by atoms with E-state index in [9.17, 15) is 13.9 Å². The van der Waals surface area contributed by atoms with Crippen LogP contribution in [0.25, 0.3) is 5.69 Å². The van der Waals surface area contributed by atoms with Gasteiger partial charge in [0.2, 0.25) is 0 Å². The Bertz CT molecular complexity index is 795. The zero-order valence-electron chi connectivity index (χ0n) is 11.9. The highest BCUT2D eigenvalue weighted by Crippen LogP contribution is 2.26. The Balaban J connectivity index is 1.74. The molecule has 0 aliphatic rings. The molecule has 0 spiro atoms. The fourth-order valence-corrected chi connectivity index (χ4v) is 2.98. The first-order chi connectivity index (χ1) is 11.1. The smallest absolute Gasteiger partial charge is 0.195 e. The van der Waals surface area contributed by atoms with Gasteiger partial charge in [-0.25, -0.2) is 8.78 Å². The van der Waals surface area contributed by atoms with Crippen LogP contribution in [0.2, 0.25) is 0 Å². The van der Waals surface area contributed by atoms with Crippen LogP contribution in [-0.4, -0.2) is 25.6 Å². The molecule has 0 aliphatic carbocycles. The summed E-state index contributed by atoms with van der Waals surface area (Å²) in [6.45, 7) is 0. The van der Waals surface area contributed by atoms with Crippen molar-refractivity contribution >= 4 is 11.8 Å². The van der Waals surface area contributed by atoms with E-state index in [1.807, 2.05) is 30.3 Å². The second-order valence-corrected chi connectivity index (χ2v) is 5.80. The van der Waals surface area contributed by atoms with Gasteiger partial charge in [0.1, 0.15) is 18.0 Å². The summed E-state index contributed by atoms with van der Waals surface area (Å²) in [6, 6.07) is 12.5. The van der Waals surface area contributed by atoms with Gasteiger partial charge in [0.15, 0.2) is 5.16 Å². The highest BCUT2D eigenvalue weighted by atomic mass is 32.2. The van der Waals surface area contributed by atoms with Gasteiger partial charge in [-0.05, 0) is 30.3 Å². The van der Waals surface area contributed by atoms with Crippen molar-refractivity contribution in [3.63, 3.8) is 0 Å². The summed E-state index contributed by atoms with van der Waals surface area (Å²) in [5, 5.41) is 18.5. The predicted molar refractivity (Wildman–Crippen MR) is 83.4 cm³/mol. The number of benzene rings is 2. The second-order valence-electron chi connectivity index (χ2n) is 4.81. The molecule has 1 N–H and O–H groups in total. The van der Waals surface area contributed by atoms with Crippen molar-refractivity contribution < 1.29 is 13.9 Å². The number of aromatic nitrogens is 3. The number of halogens is 2. The minimum Gasteiger partial charge on any atom is -0.387 e. The van der Waals surface area contributed by atoms with E-state index >= 15 is 0 Å². The number of thioether (sulfide) groups is 1. The predicted octanol–water partition coefficient (Wildman–Crippen LogP) is 3.37. The molecule has 0 fully saturated rings. The zero-order valence-corrected chi connectivity index (χ0v) is 12.8. The third kappa shape index (κ3) is 3.57. The molecular weight excluding hydrogens is 320 g/mol. The maximum Gasteiger partial charge on any atom is 0.195 e. The lowest BCUT2D eigenvalue weighted by molar-refractivity contribution is 0.198. The van der Waals surface area contributed by atoms with E-state index in [2.05, 4.69) is 10.2 Å². The van der Waals surface area contributed by atoms with Gasteiger partial charge < -0.3 is 5.11 Å². The van der Waals surface area contributed by atoms with E-state index in [-0.39, 0.29) is 11.3 Å². The van der Waals surface area contributed by atoms with Crippen molar-refractivity contribution in [1.29, 1.82) is 0 Å². The Morgan fingerprint density at radius 3 is 2.70 bits per heavy atom. The number of aliphatic hydroxyl groups is 1. The van der Waals surface area contributed by atoms with Gasteiger partial charge in [0.05, 0.1) is 6.10 Å². The van der Waals surface area contributed by atoms with E-state index in [1.165, 1.54) is 11.8 Å². The lowest BCUT2D eigenvalue weighted by atomic mass is 10.1. The maximum absolute atomic E-state index is 13.7. The summed E-state index contributed by atoms with van der Waals surface area (Å²) in [6.07, 6.45) is 0.420. The molecule has 1 atom stereocenters. The standard InChI is InChI=1S/C16H13F2N3OS/c17-11-6-7-14(18)13(8-11)15(22)9-23-16-20-19-10-21(16)12-4-2-1-3-5-12/h1-8,10,15,22H,9H2. The first-order valence-electron chi connectivity index (χ1n) is 6.86. The van der Waals surface area contributed by atoms with E-state index in [1.54, 1.807) is 10.9 Å². The molecule has 7 heteroatoms. The Hall–Kier alpha value is -2.25. The number of hydrogen-bond acceptors (Lipinski definition) is 4. The lowest BCUT2D eigenvalue weighted by Crippen LogP contribution is -2.05. The fourth-order valence-electron chi connectivity index (χ4n) is 2.10. The van der Waals surface area contributed by atoms with Crippen molar-refractivity contribution in [3.05, 3.63) is 72.1 Å². The quantitative estimate of drug-likeness (QED) is 0.727. The highest BCUT2D eigenvalue weighted by molar-refractivity contribution is 7.99. The Morgan fingerprint density at radius 1 is 1.13 bits per heavy atom. The molecule has 118 valence electrons. The van der Waals surface area contributed by atoms with Crippen molar-refractivity contribution in [2.45, 2.75) is 11.3 Å². The molecule has 1 heterocycles. The summed E-state index contributed by atoms with van der Waals surface area (Å²) >= 11 is 1.22. The van der Waals surface area contributed by atoms with E-state index in [0.29, 0.717) is 5.16 Å². The number of nitrogens with zero attached hydrogens (tertiary/aromatic N) is 3. The highest BCUT2D eigenvalue weighted by Gasteiger charge is 2.16. The van der Waals surface area contributed by atoms with E-state index in [4.69, 9.17) is 0 Å². The normalized spacial score (nSPS) is 12.3. The van der Waals surface area contributed by atoms with Crippen molar-refractivity contribution in [1.82, 2.24) is 14.8 Å². The summed E-state index contributed by atoms with van der Waals surface area (Å²) in [5.74, 6) is -1.09. The van der Waals surface area contributed by atoms with Gasteiger partial charge in [-0.15, -0.1) is 10.2 Å². The largest absolute Gasteiger partial charge is 0.387 e. The van der Waals surface area contributed by atoms with Gasteiger partial charge in [-0.1, -0.05) is 30.0 Å². The topological polar surface area (TPSA) is 50.9 Å². The summed E-state index contributed by atoms with van der Waals surface area (Å²) in [4.78, 5) is 0. The number of rotatable bonds is 5. The monoisotopic (exact) mass is 333 g/mol. The fraction of sp³-hybridized carbons (Fsp3) is 0.125. The Morgan fingerprint density at radius 2 is 1.91 bits per heavy atom.